The number of fused-ring (bicyclic) bond motifs is 1. The monoisotopic (exact) mass is 285 g/mol. The smallest absolute Gasteiger partial charge is 0.224 e. The molecule has 0 fully saturated rings. The molecule has 2 aromatic rings. The predicted octanol–water partition coefficient (Wildman–Crippen LogP) is 1.86. The molecule has 3 N–H and O–H groups in total. The molecule has 1 aliphatic rings. The largest absolute Gasteiger partial charge is 0.397 e. The Balaban J connectivity index is 2.12. The third-order valence-electron chi connectivity index (χ3n) is 3.73. The maximum absolute atomic E-state index is 11.6. The number of amides is 1. The molecule has 1 amide bonds. The minimum Gasteiger partial charge on any atom is -0.397 e. The maximum atomic E-state index is 11.6. The number of nitrogens with one attached hydrogen (secondary N) is 1. The number of nitrogens with zero attached hydrogens (tertiary/aromatic N) is 3. The van der Waals surface area contributed by atoms with Crippen molar-refractivity contribution in [2.75, 3.05) is 11.1 Å². The fraction of sp³-hybridized carbons (Fsp3) is 0.400. The van der Waals surface area contributed by atoms with E-state index in [1.54, 1.807) is 4.68 Å². The first kappa shape index (κ1) is 13.6. The summed E-state index contributed by atoms with van der Waals surface area (Å²) in [7, 11) is 0. The molecule has 0 bridgehead atoms. The van der Waals surface area contributed by atoms with Gasteiger partial charge >= 0.3 is 0 Å². The van der Waals surface area contributed by atoms with Crippen LogP contribution in [0.1, 0.15) is 37.5 Å². The van der Waals surface area contributed by atoms with E-state index >= 15 is 0 Å². The van der Waals surface area contributed by atoms with Crippen molar-refractivity contribution < 1.29 is 4.79 Å². The van der Waals surface area contributed by atoms with Crippen molar-refractivity contribution in [3.05, 3.63) is 29.3 Å². The summed E-state index contributed by atoms with van der Waals surface area (Å²) in [5.41, 5.74) is 9.52. The summed E-state index contributed by atoms with van der Waals surface area (Å²) in [6.45, 7) is 4.06. The molecule has 0 unspecified atom stereocenters. The minimum absolute atomic E-state index is 0.0433. The summed E-state index contributed by atoms with van der Waals surface area (Å²) < 4.78 is 1.79. The second-order valence-electron chi connectivity index (χ2n) is 5.18. The van der Waals surface area contributed by atoms with E-state index in [9.17, 15) is 4.79 Å². The molecule has 21 heavy (non-hydrogen) atoms. The van der Waals surface area contributed by atoms with Crippen molar-refractivity contribution in [3.63, 3.8) is 0 Å². The summed E-state index contributed by atoms with van der Waals surface area (Å²) in [6.07, 6.45) is 2.79. The van der Waals surface area contributed by atoms with E-state index in [4.69, 9.17) is 5.73 Å². The molecular weight excluding hydrogens is 266 g/mol. The Hall–Kier alpha value is -2.37. The van der Waals surface area contributed by atoms with Crippen LogP contribution >= 0.6 is 0 Å². The fourth-order valence-electron chi connectivity index (χ4n) is 2.58. The Kier molecular flexibility index (Phi) is 3.37. The van der Waals surface area contributed by atoms with Gasteiger partial charge in [-0.15, -0.1) is 0 Å². The van der Waals surface area contributed by atoms with E-state index in [1.807, 2.05) is 26.0 Å². The van der Waals surface area contributed by atoms with Gasteiger partial charge in [-0.1, -0.05) is 13.8 Å². The van der Waals surface area contributed by atoms with Crippen molar-refractivity contribution in [3.8, 4) is 5.69 Å². The lowest BCUT2D eigenvalue weighted by atomic mass is 10.0. The quantitative estimate of drug-likeness (QED) is 0.843. The van der Waals surface area contributed by atoms with E-state index in [2.05, 4.69) is 15.4 Å². The van der Waals surface area contributed by atoms with Crippen LogP contribution in [-0.2, 0) is 24.1 Å². The molecule has 3 rings (SSSR count). The highest BCUT2D eigenvalue weighted by Crippen LogP contribution is 2.30. The molecule has 110 valence electrons. The number of hydrogen-bond acceptors (Lipinski definition) is 4. The molecule has 1 aliphatic heterocycles. The highest BCUT2D eigenvalue weighted by atomic mass is 16.1. The number of aryl methyl sites for hydroxylation is 3. The number of benzene rings is 1. The first-order valence-electron chi connectivity index (χ1n) is 7.29. The van der Waals surface area contributed by atoms with Crippen LogP contribution in [0.3, 0.4) is 0 Å². The first-order valence-corrected chi connectivity index (χ1v) is 7.29. The number of carbonyl (C=O) groups is 1. The van der Waals surface area contributed by atoms with Gasteiger partial charge in [0.15, 0.2) is 5.82 Å². The number of hydrogen-bond donors (Lipinski definition) is 2. The number of nitrogens with two attached hydrogens (primary N) is 1. The summed E-state index contributed by atoms with van der Waals surface area (Å²) >= 11 is 0. The highest BCUT2D eigenvalue weighted by molar-refractivity contribution is 5.95. The highest BCUT2D eigenvalue weighted by Gasteiger charge is 2.19. The van der Waals surface area contributed by atoms with Crippen LogP contribution in [-0.4, -0.2) is 20.7 Å². The van der Waals surface area contributed by atoms with Gasteiger partial charge in [-0.05, 0) is 24.1 Å². The van der Waals surface area contributed by atoms with Crippen LogP contribution in [0.15, 0.2) is 12.1 Å². The Morgan fingerprint density at radius 2 is 2.10 bits per heavy atom. The van der Waals surface area contributed by atoms with Gasteiger partial charge in [0.25, 0.3) is 0 Å². The molecule has 1 aromatic carbocycles. The number of carbonyl (C=O) groups excluding carboxylic acids is 1. The molecule has 0 atom stereocenters. The summed E-state index contributed by atoms with van der Waals surface area (Å²) in [5.74, 6) is 1.72. The lowest BCUT2D eigenvalue weighted by Crippen LogP contribution is -2.20. The lowest BCUT2D eigenvalue weighted by molar-refractivity contribution is -0.116. The normalized spacial score (nSPS) is 13.9. The van der Waals surface area contributed by atoms with Gasteiger partial charge in [-0.3, -0.25) is 4.79 Å². The van der Waals surface area contributed by atoms with E-state index in [-0.39, 0.29) is 5.91 Å². The predicted molar refractivity (Wildman–Crippen MR) is 81.5 cm³/mol. The van der Waals surface area contributed by atoms with Crippen molar-refractivity contribution in [2.24, 2.45) is 0 Å². The molecule has 0 saturated heterocycles. The molecule has 1 aromatic heterocycles. The zero-order valence-electron chi connectivity index (χ0n) is 12.3. The summed E-state index contributed by atoms with van der Waals surface area (Å²) in [6, 6.07) is 3.83. The maximum Gasteiger partial charge on any atom is 0.224 e. The molecule has 0 saturated carbocycles. The van der Waals surface area contributed by atoms with Crippen LogP contribution < -0.4 is 11.1 Å². The molecule has 6 heteroatoms. The van der Waals surface area contributed by atoms with Crippen LogP contribution in [0, 0.1) is 0 Å². The average molecular weight is 285 g/mol. The van der Waals surface area contributed by atoms with Crippen LogP contribution in [0.4, 0.5) is 11.4 Å². The molecule has 6 nitrogen and oxygen atoms in total. The minimum atomic E-state index is 0.0433. The fourth-order valence-corrected chi connectivity index (χ4v) is 2.58. The Morgan fingerprint density at radius 1 is 1.29 bits per heavy atom. The topological polar surface area (TPSA) is 85.8 Å². The van der Waals surface area contributed by atoms with Gasteiger partial charge in [-0.25, -0.2) is 9.67 Å². The zero-order valence-corrected chi connectivity index (χ0v) is 12.3. The van der Waals surface area contributed by atoms with Gasteiger partial charge in [0.2, 0.25) is 5.91 Å². The van der Waals surface area contributed by atoms with E-state index in [0.717, 1.165) is 47.8 Å². The molecule has 0 aliphatic carbocycles. The number of nitrogen functional groups attached to an aromatic ring is 1. The Bertz CT molecular complexity index is 704. The van der Waals surface area contributed by atoms with Gasteiger partial charge in [-0.2, -0.15) is 5.10 Å². The zero-order chi connectivity index (χ0) is 15.0. The molecular formula is C15H19N5O. The number of anilines is 2. The molecule has 0 spiro atoms. The van der Waals surface area contributed by atoms with Gasteiger partial charge in [0.05, 0.1) is 11.4 Å². The standard InChI is InChI=1S/C15H19N5O/c1-3-13-18-14(4-2)20(19-13)12-8-11-9(7-10(12)16)5-6-15(21)17-11/h7-8H,3-6,16H2,1-2H3,(H,17,21). The summed E-state index contributed by atoms with van der Waals surface area (Å²) in [5, 5.41) is 7.41. The number of aromatic nitrogens is 3. The van der Waals surface area contributed by atoms with Crippen LogP contribution in [0.2, 0.25) is 0 Å². The first-order chi connectivity index (χ1) is 10.1. The Morgan fingerprint density at radius 3 is 2.81 bits per heavy atom. The van der Waals surface area contributed by atoms with Crippen LogP contribution in [0.25, 0.3) is 5.69 Å². The van der Waals surface area contributed by atoms with Crippen molar-refractivity contribution in [2.45, 2.75) is 39.5 Å². The van der Waals surface area contributed by atoms with Crippen LogP contribution in [0.5, 0.6) is 0 Å². The second kappa shape index (κ2) is 5.20. The van der Waals surface area contributed by atoms with E-state index in [0.29, 0.717) is 12.1 Å². The van der Waals surface area contributed by atoms with Crippen molar-refractivity contribution in [1.29, 1.82) is 0 Å². The SMILES string of the molecule is CCc1nc(CC)n(-c2cc3c(cc2N)CCC(=O)N3)n1. The second-order valence-corrected chi connectivity index (χ2v) is 5.18. The van der Waals surface area contributed by atoms with Gasteiger partial charge in [0.1, 0.15) is 5.82 Å². The number of rotatable bonds is 3. The average Bonchev–Trinajstić information content (AvgIpc) is 2.90. The third-order valence-corrected chi connectivity index (χ3v) is 3.73. The van der Waals surface area contributed by atoms with Gasteiger partial charge < -0.3 is 11.1 Å². The third kappa shape index (κ3) is 2.37. The Labute approximate surface area is 123 Å². The summed E-state index contributed by atoms with van der Waals surface area (Å²) in [4.78, 5) is 16.1. The van der Waals surface area contributed by atoms with Crippen molar-refractivity contribution in [1.82, 2.24) is 14.8 Å². The van der Waals surface area contributed by atoms with E-state index < -0.39 is 0 Å². The van der Waals surface area contributed by atoms with E-state index in [1.165, 1.54) is 0 Å². The van der Waals surface area contributed by atoms with Gasteiger partial charge in [0, 0.05) is 24.9 Å². The van der Waals surface area contributed by atoms with Crippen molar-refractivity contribution >= 4 is 17.3 Å². The lowest BCUT2D eigenvalue weighted by Gasteiger charge is -2.19. The molecule has 0 radical (unpaired) electrons. The molecule has 2 heterocycles.